The lowest BCUT2D eigenvalue weighted by Gasteiger charge is -2.63. The number of esters is 1. The summed E-state index contributed by atoms with van der Waals surface area (Å²) in [6, 6.07) is 0. The summed E-state index contributed by atoms with van der Waals surface area (Å²) in [6.07, 6.45) is -3.53. The summed E-state index contributed by atoms with van der Waals surface area (Å²) in [7, 11) is 1.40. The number of methoxy groups -OCH3 is 1. The number of carbonyl (C=O) groups excluding carboxylic acids is 2. The number of carbonyl (C=O) groups is 2. The average Bonchev–Trinajstić information content (AvgIpc) is 3.65. The fourth-order valence-corrected chi connectivity index (χ4v) is 11.5. The molecule has 14 nitrogen and oxygen atoms in total. The highest BCUT2D eigenvalue weighted by molar-refractivity contribution is 5.85. The largest absolute Gasteiger partial charge is 0.458 e. The van der Waals surface area contributed by atoms with E-state index in [2.05, 4.69) is 6.92 Å². The molecule has 6 fully saturated rings. The fraction of sp³-hybridized carbons (Fsp3) is 0.889. The van der Waals surface area contributed by atoms with Gasteiger partial charge in [0.15, 0.2) is 12.6 Å². The van der Waals surface area contributed by atoms with Crippen molar-refractivity contribution in [2.24, 2.45) is 34.5 Å². The van der Waals surface area contributed by atoms with Gasteiger partial charge >= 0.3 is 5.97 Å². The van der Waals surface area contributed by atoms with Gasteiger partial charge in [0.25, 0.3) is 0 Å². The lowest BCUT2D eigenvalue weighted by Crippen LogP contribution is -2.65. The summed E-state index contributed by atoms with van der Waals surface area (Å²) in [5, 5.41) is 64.3. The lowest BCUT2D eigenvalue weighted by molar-refractivity contribution is -0.362. The SMILES string of the molecule is CO[C@H]1[C@@H](O)[C@@H](O[C@H]2CC[C@]3(C=O)[C@@H](CC[C@H]4[C@H]3CC[C@]3(C)[C@H](C5=CC(=O)OC5)CC[C@]43O)C2)O[C@H](C)[C@@H]1O[C@H]1O[C@@H](CO)[C@H](O)[C@@H](O)[C@@H]1O. The van der Waals surface area contributed by atoms with Crippen molar-refractivity contribution in [3.05, 3.63) is 11.6 Å². The molecule has 0 aromatic heterocycles. The maximum atomic E-state index is 13.2. The summed E-state index contributed by atoms with van der Waals surface area (Å²) >= 11 is 0. The van der Waals surface area contributed by atoms with E-state index in [1.165, 1.54) is 7.11 Å². The summed E-state index contributed by atoms with van der Waals surface area (Å²) in [5.74, 6) is -0.159. The molecule has 0 amide bonds. The Morgan fingerprint density at radius 1 is 0.900 bits per heavy atom. The van der Waals surface area contributed by atoms with Crippen LogP contribution in [-0.2, 0) is 38.0 Å². The van der Waals surface area contributed by atoms with Crippen molar-refractivity contribution in [3.8, 4) is 0 Å². The van der Waals surface area contributed by atoms with Crippen LogP contribution in [0.1, 0.15) is 71.6 Å². The van der Waals surface area contributed by atoms with Gasteiger partial charge in [-0.3, -0.25) is 0 Å². The van der Waals surface area contributed by atoms with Gasteiger partial charge in [-0.15, -0.1) is 0 Å². The summed E-state index contributed by atoms with van der Waals surface area (Å²) in [6.45, 7) is 3.55. The minimum Gasteiger partial charge on any atom is -0.458 e. The van der Waals surface area contributed by atoms with Gasteiger partial charge in [0.2, 0.25) is 0 Å². The topological polar surface area (TPSA) is 211 Å². The van der Waals surface area contributed by atoms with Crippen LogP contribution >= 0.6 is 0 Å². The molecule has 3 heterocycles. The predicted molar refractivity (Wildman–Crippen MR) is 171 cm³/mol. The molecule has 0 radical (unpaired) electrons. The van der Waals surface area contributed by atoms with E-state index in [0.29, 0.717) is 32.3 Å². The van der Waals surface area contributed by atoms with Gasteiger partial charge < -0.3 is 63.9 Å². The highest BCUT2D eigenvalue weighted by Crippen LogP contribution is 2.69. The van der Waals surface area contributed by atoms with E-state index in [1.54, 1.807) is 13.0 Å². The molecule has 4 aliphatic carbocycles. The van der Waals surface area contributed by atoms with E-state index in [-0.39, 0.29) is 35.7 Å². The second-order valence-electron chi connectivity index (χ2n) is 16.2. The van der Waals surface area contributed by atoms with Gasteiger partial charge in [-0.1, -0.05) is 6.92 Å². The van der Waals surface area contributed by atoms with Crippen molar-refractivity contribution in [2.45, 2.75) is 145 Å². The maximum Gasteiger partial charge on any atom is 0.331 e. The molecular formula is C36H54O14. The first-order valence-electron chi connectivity index (χ1n) is 18.4. The highest BCUT2D eigenvalue weighted by atomic mass is 16.7. The molecule has 18 atom stereocenters. The fourth-order valence-electron chi connectivity index (χ4n) is 11.5. The smallest absolute Gasteiger partial charge is 0.331 e. The van der Waals surface area contributed by atoms with Crippen LogP contribution in [0.2, 0.25) is 0 Å². The van der Waals surface area contributed by atoms with E-state index in [0.717, 1.165) is 44.0 Å². The molecule has 6 N–H and O–H groups in total. The molecule has 50 heavy (non-hydrogen) atoms. The third kappa shape index (κ3) is 5.64. The molecule has 3 aliphatic heterocycles. The van der Waals surface area contributed by atoms with Crippen LogP contribution in [-0.4, -0.2) is 136 Å². The third-order valence-corrected chi connectivity index (χ3v) is 14.2. The van der Waals surface area contributed by atoms with Crippen molar-refractivity contribution in [3.63, 3.8) is 0 Å². The number of hydrogen-bond donors (Lipinski definition) is 6. The molecule has 7 aliphatic rings. The average molecular weight is 711 g/mol. The van der Waals surface area contributed by atoms with Crippen LogP contribution < -0.4 is 0 Å². The zero-order valence-corrected chi connectivity index (χ0v) is 29.0. The first-order chi connectivity index (χ1) is 23.8. The Kier molecular flexibility index (Phi) is 10.1. The van der Waals surface area contributed by atoms with Crippen LogP contribution in [0.5, 0.6) is 0 Å². The van der Waals surface area contributed by atoms with Crippen LogP contribution in [0.15, 0.2) is 11.6 Å². The molecule has 14 heteroatoms. The second-order valence-corrected chi connectivity index (χ2v) is 16.2. The number of fused-ring (bicyclic) bond motifs is 5. The van der Waals surface area contributed by atoms with E-state index in [9.17, 15) is 40.2 Å². The Labute approximate surface area is 292 Å². The summed E-state index contributed by atoms with van der Waals surface area (Å²) < 4.78 is 34.9. The number of aliphatic hydroxyl groups excluding tert-OH is 5. The van der Waals surface area contributed by atoms with Gasteiger partial charge in [-0.2, -0.15) is 0 Å². The highest BCUT2D eigenvalue weighted by Gasteiger charge is 2.69. The summed E-state index contributed by atoms with van der Waals surface area (Å²) in [4.78, 5) is 25.1. The Morgan fingerprint density at radius 3 is 2.34 bits per heavy atom. The number of cyclic esters (lactones) is 1. The van der Waals surface area contributed by atoms with E-state index >= 15 is 0 Å². The Hall–Kier alpha value is -1.56. The zero-order valence-electron chi connectivity index (χ0n) is 29.0. The molecule has 4 saturated carbocycles. The van der Waals surface area contributed by atoms with Gasteiger partial charge in [0, 0.05) is 24.0 Å². The van der Waals surface area contributed by atoms with Gasteiger partial charge in [-0.05, 0) is 94.0 Å². The summed E-state index contributed by atoms with van der Waals surface area (Å²) in [5.41, 5.74) is -0.922. The molecular weight excluding hydrogens is 656 g/mol. The van der Waals surface area contributed by atoms with Gasteiger partial charge in [0.1, 0.15) is 55.6 Å². The molecule has 0 spiro atoms. The first kappa shape index (κ1) is 36.8. The molecule has 0 unspecified atom stereocenters. The minimum absolute atomic E-state index is 0.0174. The van der Waals surface area contributed by atoms with E-state index < -0.39 is 84.4 Å². The standard InChI is InChI=1S/C36H54O14/c1-17-30(50-32-28(42)27(41)26(40)24(14-37)49-32)31(45-3)29(43)33(47-17)48-20-6-10-35(16-38)19(13-20)4-5-23-22(35)7-9-34(2)21(8-11-36(23,34)44)18-12-25(39)46-15-18/h12,16-17,19-24,26-33,37,40-44H,4-11,13-15H2,1-3H3/t17-,19+,20+,21+,22-,23+,24+,26+,27-,28+,29-,30+,31+,32-,33-,34-,35+,36+/m1/s1. The normalized spacial score (nSPS) is 53.5. The van der Waals surface area contributed by atoms with Crippen molar-refractivity contribution in [1.29, 1.82) is 0 Å². The van der Waals surface area contributed by atoms with Crippen molar-refractivity contribution < 1.29 is 68.6 Å². The van der Waals surface area contributed by atoms with E-state index in [4.69, 9.17) is 28.4 Å². The van der Waals surface area contributed by atoms with Gasteiger partial charge in [0.05, 0.1) is 24.4 Å². The number of aliphatic hydroxyl groups is 6. The van der Waals surface area contributed by atoms with Crippen molar-refractivity contribution in [2.75, 3.05) is 20.3 Å². The van der Waals surface area contributed by atoms with Crippen LogP contribution in [0.3, 0.4) is 0 Å². The van der Waals surface area contributed by atoms with Crippen LogP contribution in [0.4, 0.5) is 0 Å². The maximum absolute atomic E-state index is 13.2. The molecule has 0 aromatic carbocycles. The monoisotopic (exact) mass is 710 g/mol. The minimum atomic E-state index is -1.63. The number of aldehydes is 1. The predicted octanol–water partition coefficient (Wildman–Crippen LogP) is 0.113. The third-order valence-electron chi connectivity index (χ3n) is 14.2. The van der Waals surface area contributed by atoms with Crippen LogP contribution in [0, 0.1) is 34.5 Å². The molecule has 282 valence electrons. The second kappa shape index (κ2) is 13.7. The van der Waals surface area contributed by atoms with Gasteiger partial charge in [-0.25, -0.2) is 4.79 Å². The van der Waals surface area contributed by atoms with Crippen molar-refractivity contribution >= 4 is 12.3 Å². The lowest BCUT2D eigenvalue weighted by atomic mass is 9.43. The first-order valence-corrected chi connectivity index (χ1v) is 18.4. The van der Waals surface area contributed by atoms with E-state index in [1.807, 2.05) is 0 Å². The molecule has 2 saturated heterocycles. The number of hydrogen-bond acceptors (Lipinski definition) is 14. The Morgan fingerprint density at radius 2 is 1.66 bits per heavy atom. The Balaban J connectivity index is 1.01. The molecule has 0 aromatic rings. The zero-order chi connectivity index (χ0) is 35.7. The van der Waals surface area contributed by atoms with Crippen LogP contribution in [0.25, 0.3) is 0 Å². The molecule has 7 rings (SSSR count). The Bertz CT molecular complexity index is 1310. The quantitative estimate of drug-likeness (QED) is 0.112. The number of ether oxygens (including phenoxy) is 6. The molecule has 0 bridgehead atoms. The van der Waals surface area contributed by atoms with Crippen molar-refractivity contribution in [1.82, 2.24) is 0 Å². The number of rotatable bonds is 8.